The highest BCUT2D eigenvalue weighted by atomic mass is 79.9. The van der Waals surface area contributed by atoms with Gasteiger partial charge in [-0.2, -0.15) is 13.2 Å². The summed E-state index contributed by atoms with van der Waals surface area (Å²) in [6.07, 6.45) is -1.90. The standard InChI is InChI=1S/C25H29BrF3N3O2/c1-5-30-24(34)32-11-10-31-23(33)20-8-6-18(14-22(20)26)7-9-21(25(27,28)29)19-12-15(2)17(4)16(3)13-19/h6-9,12-14,21H,5,10-11H2,1-4H3,(H,31,33)(H2,30,32,34)/b9-7+. The van der Waals surface area contributed by atoms with Gasteiger partial charge in [0.15, 0.2) is 0 Å². The summed E-state index contributed by atoms with van der Waals surface area (Å²) in [6, 6.07) is 7.56. The third kappa shape index (κ3) is 7.62. The summed E-state index contributed by atoms with van der Waals surface area (Å²) < 4.78 is 41.9. The van der Waals surface area contributed by atoms with E-state index in [-0.39, 0.29) is 30.6 Å². The number of rotatable bonds is 8. The van der Waals surface area contributed by atoms with Crippen LogP contribution in [0.15, 0.2) is 40.9 Å². The van der Waals surface area contributed by atoms with E-state index in [0.717, 1.165) is 22.8 Å². The molecule has 0 spiro atoms. The lowest BCUT2D eigenvalue weighted by atomic mass is 9.91. The fourth-order valence-corrected chi connectivity index (χ4v) is 3.93. The summed E-state index contributed by atoms with van der Waals surface area (Å²) in [5.74, 6) is -2.11. The van der Waals surface area contributed by atoms with E-state index in [1.54, 1.807) is 51.1 Å². The number of carbonyl (C=O) groups excluding carboxylic acids is 2. The number of nitrogens with one attached hydrogen (secondary N) is 3. The van der Waals surface area contributed by atoms with Gasteiger partial charge in [-0.05, 0) is 83.6 Å². The van der Waals surface area contributed by atoms with E-state index in [4.69, 9.17) is 0 Å². The topological polar surface area (TPSA) is 70.2 Å². The molecule has 2 rings (SSSR count). The maximum absolute atomic E-state index is 13.8. The Morgan fingerprint density at radius 3 is 2.18 bits per heavy atom. The average Bonchev–Trinajstić information content (AvgIpc) is 2.74. The Kier molecular flexibility index (Phi) is 9.73. The molecule has 0 radical (unpaired) electrons. The van der Waals surface area contributed by atoms with Crippen LogP contribution in [-0.2, 0) is 0 Å². The number of hydrogen-bond donors (Lipinski definition) is 3. The van der Waals surface area contributed by atoms with Crippen LogP contribution in [0.5, 0.6) is 0 Å². The quantitative estimate of drug-likeness (QED) is 0.372. The van der Waals surface area contributed by atoms with Crippen molar-refractivity contribution in [2.24, 2.45) is 0 Å². The molecule has 0 fully saturated rings. The number of amides is 3. The van der Waals surface area contributed by atoms with Gasteiger partial charge in [0.05, 0.1) is 11.5 Å². The van der Waals surface area contributed by atoms with Gasteiger partial charge in [-0.25, -0.2) is 4.79 Å². The number of aryl methyl sites for hydroxylation is 2. The number of urea groups is 1. The van der Waals surface area contributed by atoms with Crippen LogP contribution in [0.3, 0.4) is 0 Å². The average molecular weight is 540 g/mol. The zero-order chi connectivity index (χ0) is 25.5. The molecule has 2 aromatic carbocycles. The highest BCUT2D eigenvalue weighted by Crippen LogP contribution is 2.38. The normalized spacial score (nSPS) is 12.5. The van der Waals surface area contributed by atoms with Crippen molar-refractivity contribution >= 4 is 33.9 Å². The van der Waals surface area contributed by atoms with E-state index in [0.29, 0.717) is 22.1 Å². The number of benzene rings is 2. The Morgan fingerprint density at radius 2 is 1.62 bits per heavy atom. The number of alkyl halides is 3. The summed E-state index contributed by atoms with van der Waals surface area (Å²) in [7, 11) is 0. The summed E-state index contributed by atoms with van der Waals surface area (Å²) in [6.45, 7) is 8.28. The third-order valence-corrected chi connectivity index (χ3v) is 6.07. The van der Waals surface area contributed by atoms with E-state index < -0.39 is 12.1 Å². The van der Waals surface area contributed by atoms with E-state index in [1.807, 2.05) is 6.92 Å². The monoisotopic (exact) mass is 539 g/mol. The van der Waals surface area contributed by atoms with Crippen molar-refractivity contribution in [3.63, 3.8) is 0 Å². The fourth-order valence-electron chi connectivity index (χ4n) is 3.35. The number of allylic oxidation sites excluding steroid dienone is 1. The fraction of sp³-hybridized carbons (Fsp3) is 0.360. The van der Waals surface area contributed by atoms with Gasteiger partial charge >= 0.3 is 12.2 Å². The van der Waals surface area contributed by atoms with Gasteiger partial charge in [0.25, 0.3) is 5.91 Å². The van der Waals surface area contributed by atoms with Crippen LogP contribution in [0.2, 0.25) is 0 Å². The lowest BCUT2D eigenvalue weighted by Gasteiger charge is -2.19. The van der Waals surface area contributed by atoms with Crippen molar-refractivity contribution in [1.29, 1.82) is 0 Å². The summed E-state index contributed by atoms with van der Waals surface area (Å²) >= 11 is 3.32. The van der Waals surface area contributed by atoms with Crippen molar-refractivity contribution in [3.05, 3.63) is 74.3 Å². The lowest BCUT2D eigenvalue weighted by Crippen LogP contribution is -2.40. The van der Waals surface area contributed by atoms with E-state index in [1.165, 1.54) is 6.08 Å². The number of carbonyl (C=O) groups is 2. The Balaban J connectivity index is 2.12. The van der Waals surface area contributed by atoms with Crippen molar-refractivity contribution in [1.82, 2.24) is 16.0 Å². The molecule has 3 N–H and O–H groups in total. The molecule has 0 saturated heterocycles. The maximum atomic E-state index is 13.8. The van der Waals surface area contributed by atoms with Crippen LogP contribution in [-0.4, -0.2) is 37.7 Å². The highest BCUT2D eigenvalue weighted by molar-refractivity contribution is 9.10. The van der Waals surface area contributed by atoms with Gasteiger partial charge in [-0.15, -0.1) is 0 Å². The van der Waals surface area contributed by atoms with Crippen molar-refractivity contribution < 1.29 is 22.8 Å². The SMILES string of the molecule is CCNC(=O)NCCNC(=O)c1ccc(/C=C/C(c2cc(C)c(C)c(C)c2)C(F)(F)F)cc1Br. The summed E-state index contributed by atoms with van der Waals surface area (Å²) in [5.41, 5.74) is 3.67. The molecular formula is C25H29BrF3N3O2. The molecule has 1 atom stereocenters. The number of halogens is 4. The van der Waals surface area contributed by atoms with E-state index in [9.17, 15) is 22.8 Å². The minimum atomic E-state index is -4.44. The zero-order valence-corrected chi connectivity index (χ0v) is 21.2. The predicted molar refractivity (Wildman–Crippen MR) is 132 cm³/mol. The van der Waals surface area contributed by atoms with Gasteiger partial charge in [0.1, 0.15) is 0 Å². The van der Waals surface area contributed by atoms with Gasteiger partial charge < -0.3 is 16.0 Å². The summed E-state index contributed by atoms with van der Waals surface area (Å²) in [5, 5.41) is 7.87. The van der Waals surface area contributed by atoms with Crippen LogP contribution >= 0.6 is 15.9 Å². The van der Waals surface area contributed by atoms with Crippen LogP contribution < -0.4 is 16.0 Å². The second-order valence-electron chi connectivity index (χ2n) is 7.94. The molecule has 0 heterocycles. The molecule has 0 aliphatic carbocycles. The molecule has 9 heteroatoms. The minimum Gasteiger partial charge on any atom is -0.350 e. The molecule has 5 nitrogen and oxygen atoms in total. The Hall–Kier alpha value is -2.81. The van der Waals surface area contributed by atoms with Gasteiger partial charge in [-0.1, -0.05) is 30.4 Å². The predicted octanol–water partition coefficient (Wildman–Crippen LogP) is 5.78. The highest BCUT2D eigenvalue weighted by Gasteiger charge is 2.39. The molecule has 0 aromatic heterocycles. The lowest BCUT2D eigenvalue weighted by molar-refractivity contribution is -0.139. The minimum absolute atomic E-state index is 0.195. The van der Waals surface area contributed by atoms with E-state index >= 15 is 0 Å². The van der Waals surface area contributed by atoms with Gasteiger partial charge in [-0.3, -0.25) is 4.79 Å². The first-order valence-electron chi connectivity index (χ1n) is 10.9. The molecule has 3 amide bonds. The molecule has 0 aliphatic rings. The van der Waals surface area contributed by atoms with Gasteiger partial charge in [0, 0.05) is 24.1 Å². The first-order valence-corrected chi connectivity index (χ1v) is 11.7. The van der Waals surface area contributed by atoms with Crippen LogP contribution in [0.4, 0.5) is 18.0 Å². The van der Waals surface area contributed by atoms with Gasteiger partial charge in [0.2, 0.25) is 0 Å². The first-order chi connectivity index (χ1) is 15.9. The Bertz CT molecular complexity index is 1040. The zero-order valence-electron chi connectivity index (χ0n) is 19.6. The molecule has 1 unspecified atom stereocenters. The Morgan fingerprint density at radius 1 is 1.00 bits per heavy atom. The largest absolute Gasteiger partial charge is 0.399 e. The first kappa shape index (κ1) is 27.4. The number of hydrogen-bond acceptors (Lipinski definition) is 2. The maximum Gasteiger partial charge on any atom is 0.399 e. The van der Waals surface area contributed by atoms with Crippen molar-refractivity contribution in [3.8, 4) is 0 Å². The van der Waals surface area contributed by atoms with Crippen LogP contribution in [0.1, 0.15) is 51.0 Å². The molecule has 0 aliphatic heterocycles. The second-order valence-corrected chi connectivity index (χ2v) is 8.79. The molecule has 0 bridgehead atoms. The smallest absolute Gasteiger partial charge is 0.350 e. The molecule has 2 aromatic rings. The van der Waals surface area contributed by atoms with Crippen LogP contribution in [0.25, 0.3) is 6.08 Å². The molecule has 184 valence electrons. The molecule has 34 heavy (non-hydrogen) atoms. The molecular weight excluding hydrogens is 511 g/mol. The van der Waals surface area contributed by atoms with Crippen molar-refractivity contribution in [2.45, 2.75) is 39.8 Å². The molecule has 0 saturated carbocycles. The summed E-state index contributed by atoms with van der Waals surface area (Å²) in [4.78, 5) is 23.7. The third-order valence-electron chi connectivity index (χ3n) is 5.41. The van der Waals surface area contributed by atoms with Crippen LogP contribution in [0, 0.1) is 20.8 Å². The van der Waals surface area contributed by atoms with E-state index in [2.05, 4.69) is 31.9 Å². The Labute approximate surface area is 206 Å². The second kappa shape index (κ2) is 12.1. The van der Waals surface area contributed by atoms with Crippen molar-refractivity contribution in [2.75, 3.05) is 19.6 Å².